The van der Waals surface area contributed by atoms with Crippen LogP contribution in [0, 0.1) is 3.57 Å². The fourth-order valence-electron chi connectivity index (χ4n) is 0.874. The Balaban J connectivity index is 2.37. The molecule has 0 aromatic heterocycles. The van der Waals surface area contributed by atoms with Crippen molar-refractivity contribution in [1.29, 1.82) is 0 Å². The standard InChI is InChI=1S/C11H13IO/c1-9(2)7-8-13-11-5-3-10(12)4-6-11/h3-6H,1,7-8H2,2H3. The van der Waals surface area contributed by atoms with Crippen LogP contribution in [0.15, 0.2) is 36.4 Å². The zero-order chi connectivity index (χ0) is 9.68. The third-order valence-corrected chi connectivity index (χ3v) is 2.33. The van der Waals surface area contributed by atoms with Crippen LogP contribution in [-0.2, 0) is 0 Å². The summed E-state index contributed by atoms with van der Waals surface area (Å²) < 4.78 is 6.73. The smallest absolute Gasteiger partial charge is 0.119 e. The van der Waals surface area contributed by atoms with Crippen molar-refractivity contribution in [3.63, 3.8) is 0 Å². The van der Waals surface area contributed by atoms with E-state index >= 15 is 0 Å². The van der Waals surface area contributed by atoms with Gasteiger partial charge in [0.1, 0.15) is 5.75 Å². The van der Waals surface area contributed by atoms with Gasteiger partial charge in [0.15, 0.2) is 0 Å². The van der Waals surface area contributed by atoms with Crippen molar-refractivity contribution in [2.24, 2.45) is 0 Å². The largest absolute Gasteiger partial charge is 0.493 e. The van der Waals surface area contributed by atoms with Gasteiger partial charge in [-0.15, -0.1) is 6.58 Å². The molecule has 0 aliphatic carbocycles. The van der Waals surface area contributed by atoms with Gasteiger partial charge in [0.25, 0.3) is 0 Å². The van der Waals surface area contributed by atoms with Crippen LogP contribution < -0.4 is 4.74 Å². The SMILES string of the molecule is C=C(C)CCOc1ccc(I)cc1. The molecule has 0 saturated heterocycles. The highest BCUT2D eigenvalue weighted by atomic mass is 127. The first-order valence-corrected chi connectivity index (χ1v) is 5.29. The lowest BCUT2D eigenvalue weighted by atomic mass is 10.3. The van der Waals surface area contributed by atoms with Crippen LogP contribution in [0.25, 0.3) is 0 Å². The van der Waals surface area contributed by atoms with Gasteiger partial charge in [0, 0.05) is 9.99 Å². The third-order valence-electron chi connectivity index (χ3n) is 1.61. The molecule has 0 aliphatic rings. The molecule has 70 valence electrons. The molecule has 0 amide bonds. The third kappa shape index (κ3) is 4.31. The van der Waals surface area contributed by atoms with Crippen LogP contribution in [-0.4, -0.2) is 6.61 Å². The predicted octanol–water partition coefficient (Wildman–Crippen LogP) is 3.64. The Hall–Kier alpha value is -0.510. The van der Waals surface area contributed by atoms with Crippen molar-refractivity contribution >= 4 is 22.6 Å². The van der Waals surface area contributed by atoms with Crippen LogP contribution in [0.4, 0.5) is 0 Å². The minimum Gasteiger partial charge on any atom is -0.493 e. The number of benzene rings is 1. The van der Waals surface area contributed by atoms with Crippen LogP contribution in [0.2, 0.25) is 0 Å². The number of ether oxygens (including phenoxy) is 1. The second kappa shape index (κ2) is 5.27. The fraction of sp³-hybridized carbons (Fsp3) is 0.273. The van der Waals surface area contributed by atoms with Gasteiger partial charge in [-0.2, -0.15) is 0 Å². The van der Waals surface area contributed by atoms with E-state index in [1.165, 1.54) is 3.57 Å². The van der Waals surface area contributed by atoms with E-state index in [1.54, 1.807) is 0 Å². The van der Waals surface area contributed by atoms with Crippen LogP contribution in [0.1, 0.15) is 13.3 Å². The summed E-state index contributed by atoms with van der Waals surface area (Å²) in [6, 6.07) is 8.05. The monoisotopic (exact) mass is 288 g/mol. The molecule has 0 atom stereocenters. The minimum atomic E-state index is 0.718. The summed E-state index contributed by atoms with van der Waals surface area (Å²) in [7, 11) is 0. The van der Waals surface area contributed by atoms with E-state index in [0.717, 1.165) is 24.4 Å². The number of rotatable bonds is 4. The second-order valence-corrected chi connectivity index (χ2v) is 4.26. The van der Waals surface area contributed by atoms with Crippen LogP contribution in [0.3, 0.4) is 0 Å². The zero-order valence-corrected chi connectivity index (χ0v) is 9.87. The lowest BCUT2D eigenvalue weighted by Gasteiger charge is -2.05. The normalized spacial score (nSPS) is 9.69. The molecule has 1 rings (SSSR count). The highest BCUT2D eigenvalue weighted by molar-refractivity contribution is 14.1. The summed E-state index contributed by atoms with van der Waals surface area (Å²) in [6.45, 7) is 6.55. The first kappa shape index (κ1) is 10.6. The lowest BCUT2D eigenvalue weighted by molar-refractivity contribution is 0.321. The Morgan fingerprint density at radius 3 is 2.54 bits per heavy atom. The molecular weight excluding hydrogens is 275 g/mol. The highest BCUT2D eigenvalue weighted by Gasteiger charge is 1.93. The summed E-state index contributed by atoms with van der Waals surface area (Å²) in [5.41, 5.74) is 1.16. The minimum absolute atomic E-state index is 0.718. The molecule has 0 N–H and O–H groups in total. The van der Waals surface area contributed by atoms with Crippen molar-refractivity contribution in [1.82, 2.24) is 0 Å². The van der Waals surface area contributed by atoms with Crippen molar-refractivity contribution in [2.75, 3.05) is 6.61 Å². The lowest BCUT2D eigenvalue weighted by Crippen LogP contribution is -1.97. The Bertz CT molecular complexity index is 277. The predicted molar refractivity (Wildman–Crippen MR) is 64.1 cm³/mol. The van der Waals surface area contributed by atoms with Gasteiger partial charge in [0.2, 0.25) is 0 Å². The van der Waals surface area contributed by atoms with Gasteiger partial charge >= 0.3 is 0 Å². The Morgan fingerprint density at radius 2 is 2.00 bits per heavy atom. The number of halogens is 1. The molecule has 0 bridgehead atoms. The molecule has 0 saturated carbocycles. The van der Waals surface area contributed by atoms with Gasteiger partial charge in [-0.05, 0) is 53.8 Å². The summed E-state index contributed by atoms with van der Waals surface area (Å²) in [5, 5.41) is 0. The fourth-order valence-corrected chi connectivity index (χ4v) is 1.23. The quantitative estimate of drug-likeness (QED) is 0.607. The molecule has 1 nitrogen and oxygen atoms in total. The molecular formula is C11H13IO. The van der Waals surface area contributed by atoms with E-state index in [2.05, 4.69) is 29.2 Å². The number of hydrogen-bond donors (Lipinski definition) is 0. The van der Waals surface area contributed by atoms with Crippen molar-refractivity contribution in [3.05, 3.63) is 40.0 Å². The Morgan fingerprint density at radius 1 is 1.38 bits per heavy atom. The number of hydrogen-bond acceptors (Lipinski definition) is 1. The molecule has 0 unspecified atom stereocenters. The van der Waals surface area contributed by atoms with Gasteiger partial charge in [0.05, 0.1) is 6.61 Å². The Kier molecular flexibility index (Phi) is 4.28. The first-order chi connectivity index (χ1) is 6.18. The van der Waals surface area contributed by atoms with Gasteiger partial charge in [-0.25, -0.2) is 0 Å². The van der Waals surface area contributed by atoms with Crippen molar-refractivity contribution in [2.45, 2.75) is 13.3 Å². The molecule has 0 heterocycles. The van der Waals surface area contributed by atoms with Crippen molar-refractivity contribution < 1.29 is 4.74 Å². The molecule has 0 aliphatic heterocycles. The van der Waals surface area contributed by atoms with E-state index in [0.29, 0.717) is 0 Å². The van der Waals surface area contributed by atoms with Gasteiger partial charge in [-0.3, -0.25) is 0 Å². The first-order valence-electron chi connectivity index (χ1n) is 4.21. The summed E-state index contributed by atoms with van der Waals surface area (Å²) in [5.74, 6) is 0.932. The molecule has 2 heteroatoms. The topological polar surface area (TPSA) is 9.23 Å². The molecule has 0 spiro atoms. The molecule has 1 aromatic rings. The highest BCUT2D eigenvalue weighted by Crippen LogP contribution is 2.13. The van der Waals surface area contributed by atoms with E-state index in [-0.39, 0.29) is 0 Å². The van der Waals surface area contributed by atoms with Gasteiger partial charge < -0.3 is 4.74 Å². The van der Waals surface area contributed by atoms with E-state index < -0.39 is 0 Å². The van der Waals surface area contributed by atoms with Gasteiger partial charge in [-0.1, -0.05) is 5.57 Å². The summed E-state index contributed by atoms with van der Waals surface area (Å²) in [6.07, 6.45) is 0.923. The zero-order valence-electron chi connectivity index (χ0n) is 7.72. The van der Waals surface area contributed by atoms with E-state index in [4.69, 9.17) is 4.74 Å². The Labute approximate surface area is 92.9 Å². The van der Waals surface area contributed by atoms with Crippen LogP contribution in [0.5, 0.6) is 5.75 Å². The maximum absolute atomic E-state index is 5.51. The molecule has 13 heavy (non-hydrogen) atoms. The maximum atomic E-state index is 5.51. The van der Waals surface area contributed by atoms with Crippen molar-refractivity contribution in [3.8, 4) is 5.75 Å². The molecule has 1 aromatic carbocycles. The maximum Gasteiger partial charge on any atom is 0.119 e. The average Bonchev–Trinajstić information content (AvgIpc) is 2.08. The van der Waals surface area contributed by atoms with E-state index in [9.17, 15) is 0 Å². The second-order valence-electron chi connectivity index (χ2n) is 3.01. The van der Waals surface area contributed by atoms with Crippen LogP contribution >= 0.6 is 22.6 Å². The average molecular weight is 288 g/mol. The molecule has 0 radical (unpaired) electrons. The molecule has 0 fully saturated rings. The van der Waals surface area contributed by atoms with E-state index in [1.807, 2.05) is 31.2 Å². The summed E-state index contributed by atoms with van der Waals surface area (Å²) in [4.78, 5) is 0. The summed E-state index contributed by atoms with van der Waals surface area (Å²) >= 11 is 2.28.